The summed E-state index contributed by atoms with van der Waals surface area (Å²) in [5.41, 5.74) is 1.65. The summed E-state index contributed by atoms with van der Waals surface area (Å²) in [5.74, 6) is -0.198. The van der Waals surface area contributed by atoms with Crippen molar-refractivity contribution in [3.63, 3.8) is 0 Å². The third-order valence-electron chi connectivity index (χ3n) is 2.80. The number of hydrogen-bond acceptors (Lipinski definition) is 3. The van der Waals surface area contributed by atoms with E-state index >= 15 is 0 Å². The Hall–Kier alpha value is -2.17. The van der Waals surface area contributed by atoms with Gasteiger partial charge in [-0.25, -0.2) is 4.98 Å². The molecule has 3 aromatic rings. The van der Waals surface area contributed by atoms with Crippen molar-refractivity contribution in [2.45, 2.75) is 0 Å². The molecule has 3 nitrogen and oxygen atoms in total. The number of halogens is 1. The Morgan fingerprint density at radius 2 is 1.90 bits per heavy atom. The molecule has 21 heavy (non-hydrogen) atoms. The van der Waals surface area contributed by atoms with Crippen LogP contribution in [0, 0.1) is 0 Å². The number of thiazole rings is 1. The molecule has 0 bridgehead atoms. The summed E-state index contributed by atoms with van der Waals surface area (Å²) in [6.07, 6.45) is 3.20. The lowest BCUT2D eigenvalue weighted by Gasteiger charge is -2.01. The number of para-hydroxylation sites is 1. The van der Waals surface area contributed by atoms with E-state index in [-0.39, 0.29) is 5.91 Å². The maximum absolute atomic E-state index is 11.8. The number of benzene rings is 2. The van der Waals surface area contributed by atoms with Gasteiger partial charge in [-0.05, 0) is 42.5 Å². The van der Waals surface area contributed by atoms with Crippen molar-refractivity contribution in [1.82, 2.24) is 4.98 Å². The minimum absolute atomic E-state index is 0.198. The number of anilines is 1. The first-order valence-corrected chi connectivity index (χ1v) is 7.50. The molecule has 0 saturated heterocycles. The summed E-state index contributed by atoms with van der Waals surface area (Å²) in [7, 11) is 0. The number of carbonyl (C=O) groups is 1. The highest BCUT2D eigenvalue weighted by molar-refractivity contribution is 7.19. The fraction of sp³-hybridized carbons (Fsp3) is 0. The third-order valence-corrected chi connectivity index (χ3v) is 4.05. The number of carbonyl (C=O) groups excluding carboxylic acids is 1. The van der Waals surface area contributed by atoms with Gasteiger partial charge in [-0.1, -0.05) is 23.7 Å². The molecular weight excluding hydrogens is 304 g/mol. The Morgan fingerprint density at radius 3 is 2.67 bits per heavy atom. The van der Waals surface area contributed by atoms with Crippen LogP contribution in [0.5, 0.6) is 0 Å². The summed E-state index contributed by atoms with van der Waals surface area (Å²) in [6, 6.07) is 14.9. The number of amides is 1. The standard InChI is InChI=1S/C16H11ClN2OS/c17-11-5-7-12(8-6-11)18-15(20)9-10-16-19-13-3-1-2-4-14(13)21-16/h1-10H,(H,18,20)/b10-9+. The molecule has 1 amide bonds. The molecule has 1 N–H and O–H groups in total. The van der Waals surface area contributed by atoms with E-state index in [0.717, 1.165) is 15.2 Å². The zero-order valence-electron chi connectivity index (χ0n) is 10.9. The van der Waals surface area contributed by atoms with Crippen LogP contribution >= 0.6 is 22.9 Å². The molecule has 2 aromatic carbocycles. The van der Waals surface area contributed by atoms with E-state index in [1.54, 1.807) is 41.7 Å². The maximum atomic E-state index is 11.8. The van der Waals surface area contributed by atoms with Gasteiger partial charge in [0.2, 0.25) is 5.91 Å². The first-order chi connectivity index (χ1) is 10.2. The predicted octanol–water partition coefficient (Wildman–Crippen LogP) is 4.60. The van der Waals surface area contributed by atoms with E-state index in [0.29, 0.717) is 10.7 Å². The van der Waals surface area contributed by atoms with E-state index in [2.05, 4.69) is 10.3 Å². The molecule has 0 aliphatic heterocycles. The average Bonchev–Trinajstić information content (AvgIpc) is 2.90. The molecule has 1 aromatic heterocycles. The number of nitrogens with one attached hydrogen (secondary N) is 1. The van der Waals surface area contributed by atoms with Crippen LogP contribution in [0.25, 0.3) is 16.3 Å². The quantitative estimate of drug-likeness (QED) is 0.718. The van der Waals surface area contributed by atoms with Crippen molar-refractivity contribution in [2.75, 3.05) is 5.32 Å². The van der Waals surface area contributed by atoms with Gasteiger partial charge in [-0.3, -0.25) is 4.79 Å². The van der Waals surface area contributed by atoms with Crippen molar-refractivity contribution < 1.29 is 4.79 Å². The molecular formula is C16H11ClN2OS. The van der Waals surface area contributed by atoms with Gasteiger partial charge in [-0.2, -0.15) is 0 Å². The zero-order valence-corrected chi connectivity index (χ0v) is 12.5. The molecule has 5 heteroatoms. The van der Waals surface area contributed by atoms with Crippen LogP contribution in [0.1, 0.15) is 5.01 Å². The lowest BCUT2D eigenvalue weighted by molar-refractivity contribution is -0.111. The lowest BCUT2D eigenvalue weighted by Crippen LogP contribution is -2.07. The van der Waals surface area contributed by atoms with E-state index in [1.165, 1.54) is 6.08 Å². The van der Waals surface area contributed by atoms with E-state index in [4.69, 9.17) is 11.6 Å². The highest BCUT2D eigenvalue weighted by Crippen LogP contribution is 2.22. The third kappa shape index (κ3) is 3.48. The summed E-state index contributed by atoms with van der Waals surface area (Å²) < 4.78 is 1.11. The molecule has 0 aliphatic rings. The van der Waals surface area contributed by atoms with Gasteiger partial charge in [0.05, 0.1) is 10.2 Å². The molecule has 0 spiro atoms. The second-order valence-electron chi connectivity index (χ2n) is 4.35. The number of hydrogen-bond donors (Lipinski definition) is 1. The van der Waals surface area contributed by atoms with Crippen LogP contribution in [0.3, 0.4) is 0 Å². The topological polar surface area (TPSA) is 42.0 Å². The molecule has 0 saturated carbocycles. The molecule has 104 valence electrons. The monoisotopic (exact) mass is 314 g/mol. The van der Waals surface area contributed by atoms with Gasteiger partial charge in [0.25, 0.3) is 0 Å². The van der Waals surface area contributed by atoms with E-state index in [1.807, 2.05) is 24.3 Å². The van der Waals surface area contributed by atoms with Crippen LogP contribution in [0.15, 0.2) is 54.6 Å². The van der Waals surface area contributed by atoms with Crippen molar-refractivity contribution in [2.24, 2.45) is 0 Å². The Balaban J connectivity index is 1.70. The molecule has 1 heterocycles. The maximum Gasteiger partial charge on any atom is 0.248 e. The fourth-order valence-corrected chi connectivity index (χ4v) is 2.82. The normalized spacial score (nSPS) is 11.1. The van der Waals surface area contributed by atoms with Crippen molar-refractivity contribution in [3.8, 4) is 0 Å². The molecule has 0 aliphatic carbocycles. The Bertz CT molecular complexity index is 776. The van der Waals surface area contributed by atoms with Crippen LogP contribution < -0.4 is 5.32 Å². The largest absolute Gasteiger partial charge is 0.323 e. The van der Waals surface area contributed by atoms with Crippen LogP contribution in [-0.4, -0.2) is 10.9 Å². The SMILES string of the molecule is O=C(/C=C/c1nc2ccccc2s1)Nc1ccc(Cl)cc1. The van der Waals surface area contributed by atoms with Crippen LogP contribution in [0.2, 0.25) is 5.02 Å². The van der Waals surface area contributed by atoms with Gasteiger partial charge < -0.3 is 5.32 Å². The first kappa shape index (κ1) is 13.8. The number of rotatable bonds is 3. The second kappa shape index (κ2) is 6.08. The smallest absolute Gasteiger partial charge is 0.248 e. The Labute approximate surface area is 130 Å². The summed E-state index contributed by atoms with van der Waals surface area (Å²) in [6.45, 7) is 0. The molecule has 3 rings (SSSR count). The molecule has 0 unspecified atom stereocenters. The van der Waals surface area contributed by atoms with Gasteiger partial charge >= 0.3 is 0 Å². The van der Waals surface area contributed by atoms with Gasteiger partial charge in [0.15, 0.2) is 0 Å². The first-order valence-electron chi connectivity index (χ1n) is 6.31. The molecule has 0 fully saturated rings. The minimum Gasteiger partial charge on any atom is -0.323 e. The number of aromatic nitrogens is 1. The van der Waals surface area contributed by atoms with Gasteiger partial charge in [-0.15, -0.1) is 11.3 Å². The van der Waals surface area contributed by atoms with E-state index in [9.17, 15) is 4.79 Å². The Kier molecular flexibility index (Phi) is 3.99. The second-order valence-corrected chi connectivity index (χ2v) is 5.85. The molecule has 0 atom stereocenters. The van der Waals surface area contributed by atoms with Gasteiger partial charge in [0.1, 0.15) is 5.01 Å². The average molecular weight is 315 g/mol. The van der Waals surface area contributed by atoms with Crippen molar-refractivity contribution >= 4 is 50.8 Å². The summed E-state index contributed by atoms with van der Waals surface area (Å²) in [5, 5.41) is 4.21. The summed E-state index contributed by atoms with van der Waals surface area (Å²) in [4.78, 5) is 16.3. The Morgan fingerprint density at radius 1 is 1.14 bits per heavy atom. The summed E-state index contributed by atoms with van der Waals surface area (Å²) >= 11 is 7.35. The minimum atomic E-state index is -0.198. The van der Waals surface area contributed by atoms with Crippen LogP contribution in [-0.2, 0) is 4.79 Å². The highest BCUT2D eigenvalue weighted by Gasteiger charge is 2.01. The lowest BCUT2D eigenvalue weighted by atomic mass is 10.3. The fourth-order valence-electron chi connectivity index (χ4n) is 1.83. The van der Waals surface area contributed by atoms with Crippen LogP contribution in [0.4, 0.5) is 5.69 Å². The van der Waals surface area contributed by atoms with Crippen molar-refractivity contribution in [1.29, 1.82) is 0 Å². The predicted molar refractivity (Wildman–Crippen MR) is 88.7 cm³/mol. The van der Waals surface area contributed by atoms with E-state index < -0.39 is 0 Å². The molecule has 0 radical (unpaired) electrons. The zero-order chi connectivity index (χ0) is 14.7. The highest BCUT2D eigenvalue weighted by atomic mass is 35.5. The van der Waals surface area contributed by atoms with Gasteiger partial charge in [0, 0.05) is 16.8 Å². The number of nitrogens with zero attached hydrogens (tertiary/aromatic N) is 1. The van der Waals surface area contributed by atoms with Crippen molar-refractivity contribution in [3.05, 3.63) is 64.6 Å². The number of fused-ring (bicyclic) bond motifs is 1.